The van der Waals surface area contributed by atoms with Crippen LogP contribution in [0.15, 0.2) is 30.5 Å². The van der Waals surface area contributed by atoms with Gasteiger partial charge in [0.25, 0.3) is 0 Å². The molecule has 3 aromatic rings. The lowest BCUT2D eigenvalue weighted by atomic mass is 10.2. The van der Waals surface area contributed by atoms with Crippen molar-refractivity contribution in [2.45, 2.75) is 6.18 Å². The van der Waals surface area contributed by atoms with Gasteiger partial charge in [-0.3, -0.25) is 10.3 Å². The molecule has 7 nitrogen and oxygen atoms in total. The first-order valence-electron chi connectivity index (χ1n) is 5.67. The van der Waals surface area contributed by atoms with Crippen LogP contribution in [0.25, 0.3) is 17.1 Å². The molecule has 10 heteroatoms. The quantitative estimate of drug-likeness (QED) is 0.764. The van der Waals surface area contributed by atoms with Crippen molar-refractivity contribution in [3.05, 3.63) is 36.0 Å². The van der Waals surface area contributed by atoms with Gasteiger partial charge in [0.05, 0.1) is 23.0 Å². The largest absolute Gasteiger partial charge is 0.416 e. The van der Waals surface area contributed by atoms with Crippen LogP contribution in [0.5, 0.6) is 0 Å². The van der Waals surface area contributed by atoms with Crippen molar-refractivity contribution in [2.24, 2.45) is 0 Å². The molecule has 108 valence electrons. The summed E-state index contributed by atoms with van der Waals surface area (Å²) in [7, 11) is 0. The Morgan fingerprint density at radius 3 is 2.71 bits per heavy atom. The third-order valence-corrected chi connectivity index (χ3v) is 2.78. The number of hydrogen-bond donors (Lipinski definition) is 1. The minimum absolute atomic E-state index is 0.101. The van der Waals surface area contributed by atoms with Crippen LogP contribution < -0.4 is 10.8 Å². The van der Waals surface area contributed by atoms with Crippen molar-refractivity contribution < 1.29 is 13.2 Å². The van der Waals surface area contributed by atoms with E-state index in [1.807, 2.05) is 0 Å². The number of nitrogens with two attached hydrogens (primary N) is 1. The van der Waals surface area contributed by atoms with Gasteiger partial charge in [-0.15, -0.1) is 0 Å². The molecule has 2 aromatic heterocycles. The van der Waals surface area contributed by atoms with Gasteiger partial charge < -0.3 is 10.8 Å². The van der Waals surface area contributed by atoms with Crippen LogP contribution >= 0.6 is 0 Å². The average Bonchev–Trinajstić information content (AvgIpc) is 3.07. The molecule has 0 unspecified atom stereocenters. The number of benzene rings is 1. The lowest BCUT2D eigenvalue weighted by Crippen LogP contribution is -2.08. The highest BCUT2D eigenvalue weighted by Crippen LogP contribution is 2.31. The summed E-state index contributed by atoms with van der Waals surface area (Å²) in [5, 5.41) is 17.8. The highest BCUT2D eigenvalue weighted by molar-refractivity contribution is 5.68. The highest BCUT2D eigenvalue weighted by Gasteiger charge is 2.30. The van der Waals surface area contributed by atoms with E-state index >= 15 is 0 Å². The molecule has 0 aliphatic carbocycles. The molecule has 1 aromatic carbocycles. The first-order valence-corrected chi connectivity index (χ1v) is 5.67. The second-order valence-electron chi connectivity index (χ2n) is 4.11. The number of tetrazole rings is 1. The number of aromatic nitrogens is 6. The number of halogens is 3. The monoisotopic (exact) mass is 294 g/mol. The van der Waals surface area contributed by atoms with E-state index in [1.54, 1.807) is 0 Å². The van der Waals surface area contributed by atoms with Crippen molar-refractivity contribution >= 4 is 5.82 Å². The Morgan fingerprint density at radius 2 is 2.05 bits per heavy atom. The molecule has 2 N–H and O–H groups in total. The fourth-order valence-electron chi connectivity index (χ4n) is 1.80. The number of anilines is 1. The van der Waals surface area contributed by atoms with Gasteiger partial charge in [0.1, 0.15) is 5.82 Å². The zero-order chi connectivity index (χ0) is 15.0. The Morgan fingerprint density at radius 1 is 1.24 bits per heavy atom. The van der Waals surface area contributed by atoms with Gasteiger partial charge >= 0.3 is 6.18 Å². The van der Waals surface area contributed by atoms with Gasteiger partial charge in [0, 0.05) is 5.82 Å². The van der Waals surface area contributed by atoms with E-state index in [9.17, 15) is 13.2 Å². The van der Waals surface area contributed by atoms with Crippen molar-refractivity contribution in [3.8, 4) is 17.1 Å². The van der Waals surface area contributed by atoms with Crippen LogP contribution in [0, 0.1) is 0 Å². The third-order valence-electron chi connectivity index (χ3n) is 2.78. The zero-order valence-electron chi connectivity index (χ0n) is 10.3. The van der Waals surface area contributed by atoms with Crippen LogP contribution in [0.4, 0.5) is 19.0 Å². The molecule has 0 amide bonds. The zero-order valence-corrected chi connectivity index (χ0v) is 10.3. The molecule has 0 radical (unpaired) electrons. The Bertz CT molecular complexity index is 760. The molecule has 0 saturated heterocycles. The smallest absolute Gasteiger partial charge is 0.383 e. The summed E-state index contributed by atoms with van der Waals surface area (Å²) in [5.74, 6) is 0.259. The van der Waals surface area contributed by atoms with Crippen LogP contribution in [0.2, 0.25) is 0 Å². The summed E-state index contributed by atoms with van der Waals surface area (Å²) in [5.41, 5.74) is 5.61. The summed E-state index contributed by atoms with van der Waals surface area (Å²) in [6.07, 6.45) is -3.10. The van der Waals surface area contributed by atoms with Gasteiger partial charge in [0.2, 0.25) is 0 Å². The average molecular weight is 294 g/mol. The van der Waals surface area contributed by atoms with E-state index in [1.165, 1.54) is 23.0 Å². The number of hydrogen-bond acceptors (Lipinski definition) is 5. The van der Waals surface area contributed by atoms with Crippen molar-refractivity contribution in [3.63, 3.8) is 0 Å². The lowest BCUT2D eigenvalue weighted by Gasteiger charge is -2.10. The summed E-state index contributed by atoms with van der Waals surface area (Å²) in [6, 6.07) is 4.67. The predicted octanol–water partition coefficient (Wildman–Crippen LogP) is 1.28. The van der Waals surface area contributed by atoms with Crippen LogP contribution in [-0.2, 0) is 6.18 Å². The van der Waals surface area contributed by atoms with E-state index in [0.717, 1.165) is 12.1 Å². The maximum atomic E-state index is 12.7. The Labute approximate surface area is 115 Å². The summed E-state index contributed by atoms with van der Waals surface area (Å²) < 4.78 is 39.3. The molecular formula is C11H7F3N7-. The minimum Gasteiger partial charge on any atom is -0.383 e. The molecule has 0 spiro atoms. The number of nitrogens with zero attached hydrogens (tertiary/aromatic N) is 6. The Balaban J connectivity index is 2.06. The molecule has 3 rings (SSSR count). The van der Waals surface area contributed by atoms with E-state index in [-0.39, 0.29) is 17.3 Å². The van der Waals surface area contributed by atoms with Crippen molar-refractivity contribution in [2.75, 3.05) is 5.73 Å². The molecule has 0 atom stereocenters. The first-order chi connectivity index (χ1) is 9.97. The van der Waals surface area contributed by atoms with Gasteiger partial charge in [0.15, 0.2) is 0 Å². The third kappa shape index (κ3) is 2.30. The van der Waals surface area contributed by atoms with E-state index in [0.29, 0.717) is 5.56 Å². The fourth-order valence-corrected chi connectivity index (χ4v) is 1.80. The summed E-state index contributed by atoms with van der Waals surface area (Å²) in [6.45, 7) is 0. The summed E-state index contributed by atoms with van der Waals surface area (Å²) >= 11 is 0. The lowest BCUT2D eigenvalue weighted by molar-refractivity contribution is -0.137. The fraction of sp³-hybridized carbons (Fsp3) is 0.0909. The molecule has 2 heterocycles. The normalized spacial score (nSPS) is 11.8. The van der Waals surface area contributed by atoms with Crippen molar-refractivity contribution in [1.29, 1.82) is 0 Å². The first kappa shape index (κ1) is 13.1. The van der Waals surface area contributed by atoms with Gasteiger partial charge in [-0.25, -0.2) is 4.68 Å². The van der Waals surface area contributed by atoms with E-state index in [2.05, 4.69) is 25.7 Å². The maximum absolute atomic E-state index is 12.7. The highest BCUT2D eigenvalue weighted by atomic mass is 19.4. The molecule has 0 fully saturated rings. The molecule has 0 saturated carbocycles. The van der Waals surface area contributed by atoms with Crippen LogP contribution in [-0.4, -0.2) is 25.3 Å². The number of rotatable bonds is 2. The standard InChI is InChI=1S/C11H7F3N7/c12-11(13,14)6-2-1-3-7(4-6)21-9(15)8(5-16-21)10-17-19-20-18-10/h1-5H,15H2/q-1. The minimum atomic E-state index is -4.44. The Hall–Kier alpha value is -2.91. The van der Waals surface area contributed by atoms with E-state index < -0.39 is 11.7 Å². The number of alkyl halides is 3. The second kappa shape index (κ2) is 4.58. The Kier molecular flexibility index (Phi) is 2.85. The number of nitrogen functional groups attached to an aromatic ring is 1. The molecule has 0 aliphatic rings. The van der Waals surface area contributed by atoms with Crippen molar-refractivity contribution in [1.82, 2.24) is 30.4 Å². The van der Waals surface area contributed by atoms with Gasteiger partial charge in [-0.2, -0.15) is 23.5 Å². The van der Waals surface area contributed by atoms with E-state index in [4.69, 9.17) is 5.73 Å². The van der Waals surface area contributed by atoms with Gasteiger partial charge in [-0.05, 0) is 18.2 Å². The van der Waals surface area contributed by atoms with Crippen LogP contribution in [0.1, 0.15) is 5.56 Å². The molecule has 0 aliphatic heterocycles. The second-order valence-corrected chi connectivity index (χ2v) is 4.11. The molecule has 21 heavy (non-hydrogen) atoms. The van der Waals surface area contributed by atoms with Crippen LogP contribution in [0.3, 0.4) is 0 Å². The summed E-state index contributed by atoms with van der Waals surface area (Å²) in [4.78, 5) is 0. The predicted molar refractivity (Wildman–Crippen MR) is 65.1 cm³/mol. The molecular weight excluding hydrogens is 287 g/mol. The SMILES string of the molecule is Nc1c(-c2nnn[n-]2)cnn1-c1cccc(C(F)(F)F)c1. The maximum Gasteiger partial charge on any atom is 0.416 e. The molecule has 0 bridgehead atoms. The van der Waals surface area contributed by atoms with Gasteiger partial charge in [-0.1, -0.05) is 6.07 Å². The topological polar surface area (TPSA) is 96.6 Å².